The summed E-state index contributed by atoms with van der Waals surface area (Å²) in [5.74, 6) is -0.964. The van der Waals surface area contributed by atoms with Crippen molar-refractivity contribution in [2.24, 2.45) is 16.5 Å². The predicted octanol–water partition coefficient (Wildman–Crippen LogP) is 3.11. The molecule has 0 aliphatic rings. The normalized spacial score (nSPS) is 10.9. The molecule has 6 heteroatoms. The number of rotatable bonds is 4. The molecule has 0 spiro atoms. The minimum absolute atomic E-state index is 0.250. The number of hydrogen-bond acceptors (Lipinski definition) is 1. The Bertz CT molecular complexity index is 999. The molecule has 1 amide bonds. The van der Waals surface area contributed by atoms with E-state index in [0.717, 1.165) is 28.6 Å². The van der Waals surface area contributed by atoms with Crippen molar-refractivity contribution in [3.05, 3.63) is 70.7 Å². The SMILES string of the molecule is CCc1c(C)n(Cc2ccc(F)cc2)c2ccc(C(=O)N=C(N)N)cc12. The maximum absolute atomic E-state index is 13.2. The van der Waals surface area contributed by atoms with Crippen molar-refractivity contribution in [2.75, 3.05) is 0 Å². The van der Waals surface area contributed by atoms with Crippen LogP contribution in [0.25, 0.3) is 10.9 Å². The van der Waals surface area contributed by atoms with Crippen LogP contribution in [0.2, 0.25) is 0 Å². The zero-order valence-corrected chi connectivity index (χ0v) is 14.8. The van der Waals surface area contributed by atoms with E-state index in [1.54, 1.807) is 18.2 Å². The van der Waals surface area contributed by atoms with Crippen LogP contribution in [0.1, 0.15) is 34.1 Å². The Hall–Kier alpha value is -3.15. The highest BCUT2D eigenvalue weighted by molar-refractivity contribution is 6.04. The predicted molar refractivity (Wildman–Crippen MR) is 102 cm³/mol. The fourth-order valence-corrected chi connectivity index (χ4v) is 3.29. The summed E-state index contributed by atoms with van der Waals surface area (Å²) < 4.78 is 15.3. The van der Waals surface area contributed by atoms with Crippen LogP contribution in [0.5, 0.6) is 0 Å². The quantitative estimate of drug-likeness (QED) is 0.559. The van der Waals surface area contributed by atoms with Crippen molar-refractivity contribution < 1.29 is 9.18 Å². The monoisotopic (exact) mass is 352 g/mol. The number of nitrogens with zero attached hydrogens (tertiary/aromatic N) is 2. The Morgan fingerprint density at radius 2 is 1.85 bits per heavy atom. The lowest BCUT2D eigenvalue weighted by Crippen LogP contribution is -2.24. The maximum Gasteiger partial charge on any atom is 0.280 e. The number of halogens is 1. The number of aryl methyl sites for hydroxylation is 1. The number of aromatic nitrogens is 1. The summed E-state index contributed by atoms with van der Waals surface area (Å²) in [4.78, 5) is 15.7. The van der Waals surface area contributed by atoms with Crippen molar-refractivity contribution in [3.63, 3.8) is 0 Å². The summed E-state index contributed by atoms with van der Waals surface area (Å²) in [7, 11) is 0. The van der Waals surface area contributed by atoms with Crippen molar-refractivity contribution >= 4 is 22.8 Å². The largest absolute Gasteiger partial charge is 0.370 e. The number of guanidine groups is 1. The second kappa shape index (κ2) is 7.00. The van der Waals surface area contributed by atoms with E-state index in [-0.39, 0.29) is 11.8 Å². The number of benzene rings is 2. The first-order chi connectivity index (χ1) is 12.4. The van der Waals surface area contributed by atoms with E-state index in [0.29, 0.717) is 12.1 Å². The molecule has 0 aliphatic carbocycles. The van der Waals surface area contributed by atoms with Crippen molar-refractivity contribution in [1.82, 2.24) is 4.57 Å². The van der Waals surface area contributed by atoms with Crippen LogP contribution in [0.15, 0.2) is 47.5 Å². The van der Waals surface area contributed by atoms with E-state index in [9.17, 15) is 9.18 Å². The smallest absolute Gasteiger partial charge is 0.280 e. The summed E-state index contributed by atoms with van der Waals surface area (Å²) >= 11 is 0. The summed E-state index contributed by atoms with van der Waals surface area (Å²) in [5.41, 5.74) is 15.4. The first-order valence-electron chi connectivity index (χ1n) is 8.40. The third-order valence-corrected chi connectivity index (χ3v) is 4.54. The van der Waals surface area contributed by atoms with Crippen LogP contribution in [-0.2, 0) is 13.0 Å². The van der Waals surface area contributed by atoms with Gasteiger partial charge in [-0.1, -0.05) is 19.1 Å². The molecule has 1 aromatic heterocycles. The maximum atomic E-state index is 13.2. The van der Waals surface area contributed by atoms with Crippen molar-refractivity contribution in [3.8, 4) is 0 Å². The third kappa shape index (κ3) is 3.31. The first kappa shape index (κ1) is 17.7. The number of hydrogen-bond donors (Lipinski definition) is 2. The molecule has 0 fully saturated rings. The fourth-order valence-electron chi connectivity index (χ4n) is 3.29. The number of aliphatic imine (C=N–C) groups is 1. The summed E-state index contributed by atoms with van der Waals surface area (Å²) in [6.07, 6.45) is 0.832. The highest BCUT2D eigenvalue weighted by Crippen LogP contribution is 2.28. The second-order valence-corrected chi connectivity index (χ2v) is 6.20. The molecule has 0 atom stereocenters. The van der Waals surface area contributed by atoms with Gasteiger partial charge in [-0.25, -0.2) is 4.39 Å². The highest BCUT2D eigenvalue weighted by Gasteiger charge is 2.15. The lowest BCUT2D eigenvalue weighted by atomic mass is 10.1. The van der Waals surface area contributed by atoms with E-state index in [2.05, 4.69) is 23.4 Å². The zero-order valence-electron chi connectivity index (χ0n) is 14.8. The molecular formula is C20H21FN4O. The number of amides is 1. The number of fused-ring (bicyclic) bond motifs is 1. The van der Waals surface area contributed by atoms with Crippen LogP contribution >= 0.6 is 0 Å². The molecule has 134 valence electrons. The molecule has 4 N–H and O–H groups in total. The van der Waals surface area contributed by atoms with Gasteiger partial charge < -0.3 is 16.0 Å². The van der Waals surface area contributed by atoms with Gasteiger partial charge in [0.15, 0.2) is 5.96 Å². The molecule has 0 saturated heterocycles. The molecule has 0 unspecified atom stereocenters. The highest BCUT2D eigenvalue weighted by atomic mass is 19.1. The molecule has 0 aliphatic heterocycles. The van der Waals surface area contributed by atoms with Crippen LogP contribution in [0.4, 0.5) is 4.39 Å². The average Bonchev–Trinajstić information content (AvgIpc) is 2.87. The Labute approximate surface area is 151 Å². The van der Waals surface area contributed by atoms with E-state index in [1.807, 2.05) is 12.1 Å². The fraction of sp³-hybridized carbons (Fsp3) is 0.200. The van der Waals surface area contributed by atoms with Gasteiger partial charge in [0.1, 0.15) is 5.82 Å². The second-order valence-electron chi connectivity index (χ2n) is 6.20. The van der Waals surface area contributed by atoms with Crippen LogP contribution < -0.4 is 11.5 Å². The number of carbonyl (C=O) groups excluding carboxylic acids is 1. The van der Waals surface area contributed by atoms with Gasteiger partial charge in [0.25, 0.3) is 5.91 Å². The zero-order chi connectivity index (χ0) is 18.8. The van der Waals surface area contributed by atoms with Crippen LogP contribution in [-0.4, -0.2) is 16.4 Å². The van der Waals surface area contributed by atoms with E-state index in [1.165, 1.54) is 17.7 Å². The Kier molecular flexibility index (Phi) is 4.75. The van der Waals surface area contributed by atoms with Gasteiger partial charge in [-0.15, -0.1) is 0 Å². The summed E-state index contributed by atoms with van der Waals surface area (Å²) in [5, 5.41) is 1.00. The lowest BCUT2D eigenvalue weighted by Gasteiger charge is -2.09. The van der Waals surface area contributed by atoms with Gasteiger partial charge in [-0.2, -0.15) is 4.99 Å². The molecule has 5 nitrogen and oxygen atoms in total. The molecule has 3 aromatic rings. The molecule has 0 saturated carbocycles. The van der Waals surface area contributed by atoms with E-state index in [4.69, 9.17) is 11.5 Å². The van der Waals surface area contributed by atoms with Gasteiger partial charge in [0.05, 0.1) is 0 Å². The number of nitrogens with two attached hydrogens (primary N) is 2. The standard InChI is InChI=1S/C20H21FN4O/c1-3-16-12(2)25(11-13-4-7-15(21)8-5-13)18-9-6-14(10-17(16)18)19(26)24-20(22)23/h4-10H,3,11H2,1-2H3,(H4,22,23,24,26). The molecular weight excluding hydrogens is 331 g/mol. The number of carbonyl (C=O) groups is 1. The Morgan fingerprint density at radius 3 is 2.46 bits per heavy atom. The van der Waals surface area contributed by atoms with E-state index < -0.39 is 5.91 Å². The average molecular weight is 352 g/mol. The molecule has 1 heterocycles. The van der Waals surface area contributed by atoms with Gasteiger partial charge in [0.2, 0.25) is 0 Å². The Balaban J connectivity index is 2.10. The van der Waals surface area contributed by atoms with Crippen molar-refractivity contribution in [2.45, 2.75) is 26.8 Å². The molecule has 0 bridgehead atoms. The van der Waals surface area contributed by atoms with Gasteiger partial charge in [-0.3, -0.25) is 4.79 Å². The minimum Gasteiger partial charge on any atom is -0.370 e. The molecule has 26 heavy (non-hydrogen) atoms. The van der Waals surface area contributed by atoms with Gasteiger partial charge in [-0.05, 0) is 54.8 Å². The minimum atomic E-state index is -0.460. The Morgan fingerprint density at radius 1 is 1.15 bits per heavy atom. The molecule has 3 rings (SSSR count). The lowest BCUT2D eigenvalue weighted by molar-refractivity contribution is 0.100. The van der Waals surface area contributed by atoms with Crippen LogP contribution in [0.3, 0.4) is 0 Å². The summed E-state index contributed by atoms with van der Waals surface area (Å²) in [6.45, 7) is 4.76. The van der Waals surface area contributed by atoms with Crippen molar-refractivity contribution in [1.29, 1.82) is 0 Å². The van der Waals surface area contributed by atoms with Gasteiger partial charge >= 0.3 is 0 Å². The molecule has 2 aromatic carbocycles. The summed E-state index contributed by atoms with van der Waals surface area (Å²) in [6, 6.07) is 11.9. The third-order valence-electron chi connectivity index (χ3n) is 4.54. The molecule has 0 radical (unpaired) electrons. The topological polar surface area (TPSA) is 86.4 Å². The first-order valence-corrected chi connectivity index (χ1v) is 8.40. The van der Waals surface area contributed by atoms with Crippen LogP contribution in [0, 0.1) is 12.7 Å². The van der Waals surface area contributed by atoms with Gasteiger partial charge in [0, 0.05) is 28.7 Å². The van der Waals surface area contributed by atoms with E-state index >= 15 is 0 Å².